The number of nitrogens with zero attached hydrogens (tertiary/aromatic N) is 5. The Kier molecular flexibility index (Phi) is 6.70. The summed E-state index contributed by atoms with van der Waals surface area (Å²) in [5, 5.41) is 18.7. The quantitative estimate of drug-likeness (QED) is 0.506. The molecule has 1 saturated carbocycles. The van der Waals surface area contributed by atoms with Gasteiger partial charge in [-0.1, -0.05) is 37.1 Å². The lowest BCUT2D eigenvalue weighted by Crippen LogP contribution is -2.50. The number of halogens is 1. The molecule has 2 aromatic rings. The number of hydrogen-bond donors (Lipinski definition) is 0. The van der Waals surface area contributed by atoms with E-state index < -0.39 is 5.54 Å². The maximum atomic E-state index is 13.2. The highest BCUT2D eigenvalue weighted by Gasteiger charge is 2.38. The minimum Gasteiger partial charge on any atom is -0.326 e. The summed E-state index contributed by atoms with van der Waals surface area (Å²) >= 11 is 1.28. The van der Waals surface area contributed by atoms with Crippen LogP contribution in [0.25, 0.3) is 11.4 Å². The van der Waals surface area contributed by atoms with Crippen molar-refractivity contribution >= 4 is 17.7 Å². The van der Waals surface area contributed by atoms with Crippen LogP contribution in [-0.4, -0.2) is 43.9 Å². The molecule has 1 aromatic carbocycles. The summed E-state index contributed by atoms with van der Waals surface area (Å²) in [7, 11) is 1.72. The first-order valence-corrected chi connectivity index (χ1v) is 10.6. The second kappa shape index (κ2) is 9.23. The summed E-state index contributed by atoms with van der Waals surface area (Å²) in [5.41, 5.74) is 0.0333. The second-order valence-electron chi connectivity index (χ2n) is 7.16. The molecular weight excluding hydrogens is 389 g/mol. The van der Waals surface area contributed by atoms with Crippen LogP contribution in [0.5, 0.6) is 0 Å². The molecule has 0 atom stereocenters. The third-order valence-corrected chi connectivity index (χ3v) is 6.31. The monoisotopic (exact) mass is 413 g/mol. The summed E-state index contributed by atoms with van der Waals surface area (Å²) in [6, 6.07) is 8.41. The SMILES string of the molecule is C=CCn1c(SCC(=O)N(C)C2(C#N)CCCCC2)nnc1-c1ccc(F)cc1. The van der Waals surface area contributed by atoms with Crippen LogP contribution in [-0.2, 0) is 11.3 Å². The van der Waals surface area contributed by atoms with E-state index in [0.717, 1.165) is 37.7 Å². The average Bonchev–Trinajstić information content (AvgIpc) is 3.15. The first-order chi connectivity index (χ1) is 14.0. The molecule has 1 aromatic heterocycles. The lowest BCUT2D eigenvalue weighted by atomic mass is 9.81. The Labute approximate surface area is 174 Å². The number of aromatic nitrogens is 3. The molecule has 1 fully saturated rings. The molecule has 0 N–H and O–H groups in total. The minimum atomic E-state index is -0.704. The van der Waals surface area contributed by atoms with Gasteiger partial charge >= 0.3 is 0 Å². The van der Waals surface area contributed by atoms with E-state index >= 15 is 0 Å². The van der Waals surface area contributed by atoms with E-state index in [0.29, 0.717) is 17.5 Å². The molecule has 0 saturated heterocycles. The van der Waals surface area contributed by atoms with Crippen molar-refractivity contribution in [3.63, 3.8) is 0 Å². The number of nitriles is 1. The van der Waals surface area contributed by atoms with Gasteiger partial charge in [0, 0.05) is 19.2 Å². The van der Waals surface area contributed by atoms with Gasteiger partial charge in [-0.15, -0.1) is 16.8 Å². The molecule has 3 rings (SSSR count). The topological polar surface area (TPSA) is 74.8 Å². The average molecular weight is 414 g/mol. The summed E-state index contributed by atoms with van der Waals surface area (Å²) in [6.45, 7) is 4.24. The summed E-state index contributed by atoms with van der Waals surface area (Å²) in [4.78, 5) is 14.4. The highest BCUT2D eigenvalue weighted by molar-refractivity contribution is 7.99. The van der Waals surface area contributed by atoms with Crippen LogP contribution in [0.3, 0.4) is 0 Å². The van der Waals surface area contributed by atoms with Gasteiger partial charge in [-0.05, 0) is 37.1 Å². The molecular formula is C21H24FN5OS. The summed E-state index contributed by atoms with van der Waals surface area (Å²) in [5.74, 6) is 0.336. The number of hydrogen-bond acceptors (Lipinski definition) is 5. The van der Waals surface area contributed by atoms with E-state index in [9.17, 15) is 14.4 Å². The van der Waals surface area contributed by atoms with Crippen LogP contribution in [0.4, 0.5) is 4.39 Å². The molecule has 1 aliphatic carbocycles. The second-order valence-corrected chi connectivity index (χ2v) is 8.10. The van der Waals surface area contributed by atoms with Crippen LogP contribution >= 0.6 is 11.8 Å². The fourth-order valence-corrected chi connectivity index (χ4v) is 4.48. The van der Waals surface area contributed by atoms with Crippen molar-refractivity contribution in [1.29, 1.82) is 5.26 Å². The first kappa shape index (κ1) is 21.1. The van der Waals surface area contributed by atoms with E-state index in [4.69, 9.17) is 0 Å². The van der Waals surface area contributed by atoms with Crippen molar-refractivity contribution in [2.24, 2.45) is 0 Å². The molecule has 8 heteroatoms. The van der Waals surface area contributed by atoms with Gasteiger partial charge in [0.1, 0.15) is 11.4 Å². The van der Waals surface area contributed by atoms with Gasteiger partial charge in [-0.2, -0.15) is 5.26 Å². The van der Waals surface area contributed by atoms with Crippen LogP contribution in [0.15, 0.2) is 42.1 Å². The smallest absolute Gasteiger partial charge is 0.234 e. The molecule has 6 nitrogen and oxygen atoms in total. The molecule has 1 aliphatic rings. The van der Waals surface area contributed by atoms with Crippen LogP contribution in [0.2, 0.25) is 0 Å². The van der Waals surface area contributed by atoms with Gasteiger partial charge in [-0.25, -0.2) is 4.39 Å². The lowest BCUT2D eigenvalue weighted by molar-refractivity contribution is -0.131. The van der Waals surface area contributed by atoms with Crippen molar-refractivity contribution in [2.75, 3.05) is 12.8 Å². The molecule has 1 amide bonds. The van der Waals surface area contributed by atoms with E-state index in [1.54, 1.807) is 30.2 Å². The Morgan fingerprint density at radius 2 is 2.03 bits per heavy atom. The lowest BCUT2D eigenvalue weighted by Gasteiger charge is -2.39. The van der Waals surface area contributed by atoms with E-state index in [-0.39, 0.29) is 17.5 Å². The zero-order valence-electron chi connectivity index (χ0n) is 16.5. The molecule has 29 heavy (non-hydrogen) atoms. The fourth-order valence-electron chi connectivity index (χ4n) is 3.62. The number of benzene rings is 1. The van der Waals surface area contributed by atoms with Gasteiger partial charge in [0.2, 0.25) is 5.91 Å². The number of rotatable bonds is 7. The third-order valence-electron chi connectivity index (χ3n) is 5.36. The fraction of sp³-hybridized carbons (Fsp3) is 0.429. The van der Waals surface area contributed by atoms with E-state index in [1.165, 1.54) is 23.9 Å². The van der Waals surface area contributed by atoms with Crippen LogP contribution in [0.1, 0.15) is 32.1 Å². The predicted octanol–water partition coefficient (Wildman–Crippen LogP) is 4.05. The summed E-state index contributed by atoms with van der Waals surface area (Å²) in [6.07, 6.45) is 6.20. The van der Waals surface area contributed by atoms with Crippen molar-refractivity contribution in [3.05, 3.63) is 42.7 Å². The van der Waals surface area contributed by atoms with Crippen molar-refractivity contribution in [1.82, 2.24) is 19.7 Å². The molecule has 0 bridgehead atoms. The Morgan fingerprint density at radius 3 is 2.66 bits per heavy atom. The molecule has 1 heterocycles. The Balaban J connectivity index is 1.74. The highest BCUT2D eigenvalue weighted by atomic mass is 32.2. The van der Waals surface area contributed by atoms with Gasteiger partial charge in [0.15, 0.2) is 11.0 Å². The van der Waals surface area contributed by atoms with Gasteiger partial charge in [-0.3, -0.25) is 9.36 Å². The van der Waals surface area contributed by atoms with Crippen LogP contribution in [0, 0.1) is 17.1 Å². The molecule has 152 valence electrons. The summed E-state index contributed by atoms with van der Waals surface area (Å²) < 4.78 is 15.1. The first-order valence-electron chi connectivity index (χ1n) is 9.61. The van der Waals surface area contributed by atoms with Crippen molar-refractivity contribution < 1.29 is 9.18 Å². The molecule has 0 spiro atoms. The molecule has 0 radical (unpaired) electrons. The standard InChI is InChI=1S/C21H24FN5OS/c1-3-13-27-19(16-7-9-17(22)10-8-16)24-25-20(27)29-14-18(28)26(2)21(15-23)11-5-4-6-12-21/h3,7-10H,1,4-6,11-14H2,2H3. The van der Waals surface area contributed by atoms with Gasteiger partial charge in [0.05, 0.1) is 11.8 Å². The Morgan fingerprint density at radius 1 is 1.34 bits per heavy atom. The number of carbonyl (C=O) groups is 1. The third kappa shape index (κ3) is 4.51. The molecule has 0 unspecified atom stereocenters. The number of allylic oxidation sites excluding steroid dienone is 1. The normalized spacial score (nSPS) is 15.5. The van der Waals surface area contributed by atoms with Gasteiger partial charge in [0.25, 0.3) is 0 Å². The zero-order valence-corrected chi connectivity index (χ0v) is 17.3. The van der Waals surface area contributed by atoms with Gasteiger partial charge < -0.3 is 4.90 Å². The zero-order chi connectivity index (χ0) is 20.9. The van der Waals surface area contributed by atoms with Crippen molar-refractivity contribution in [2.45, 2.75) is 49.3 Å². The van der Waals surface area contributed by atoms with Crippen molar-refractivity contribution in [3.8, 4) is 17.5 Å². The minimum absolute atomic E-state index is 0.102. The van der Waals surface area contributed by atoms with Crippen LogP contribution < -0.4 is 0 Å². The number of amides is 1. The Bertz CT molecular complexity index is 912. The maximum absolute atomic E-state index is 13.2. The number of thioether (sulfide) groups is 1. The Hall–Kier alpha value is -2.66. The highest BCUT2D eigenvalue weighted by Crippen LogP contribution is 2.33. The van der Waals surface area contributed by atoms with E-state index in [2.05, 4.69) is 22.8 Å². The number of carbonyl (C=O) groups excluding carboxylic acids is 1. The largest absolute Gasteiger partial charge is 0.326 e. The molecule has 0 aliphatic heterocycles. The maximum Gasteiger partial charge on any atom is 0.234 e. The van der Waals surface area contributed by atoms with E-state index in [1.807, 2.05) is 4.57 Å². The predicted molar refractivity (Wildman–Crippen MR) is 111 cm³/mol.